The highest BCUT2D eigenvalue weighted by atomic mass is 16.6. The summed E-state index contributed by atoms with van der Waals surface area (Å²) in [6.07, 6.45) is 0.840. The quantitative estimate of drug-likeness (QED) is 0.697. The number of hydrogen-bond acceptors (Lipinski definition) is 5. The molecule has 0 saturated carbocycles. The molecule has 0 fully saturated rings. The predicted molar refractivity (Wildman–Crippen MR) is 117 cm³/mol. The summed E-state index contributed by atoms with van der Waals surface area (Å²) < 4.78 is 11.0. The van der Waals surface area contributed by atoms with E-state index in [4.69, 9.17) is 9.47 Å². The van der Waals surface area contributed by atoms with Crippen molar-refractivity contribution in [3.05, 3.63) is 47.5 Å². The minimum atomic E-state index is -0.188. The van der Waals surface area contributed by atoms with E-state index in [0.717, 1.165) is 23.2 Å². The van der Waals surface area contributed by atoms with E-state index in [1.807, 2.05) is 32.0 Å². The van der Waals surface area contributed by atoms with Crippen LogP contribution in [0.25, 0.3) is 0 Å². The molecular weight excluding hydrogens is 382 g/mol. The monoisotopic (exact) mass is 411 g/mol. The van der Waals surface area contributed by atoms with Gasteiger partial charge in [0.05, 0.1) is 13.1 Å². The molecule has 1 aliphatic rings. The number of carbonyl (C=O) groups is 2. The summed E-state index contributed by atoms with van der Waals surface area (Å²) in [5, 5.41) is 5.87. The number of aryl methyl sites for hydroxylation is 2. The number of hydrogen-bond donors (Lipinski definition) is 2. The lowest BCUT2D eigenvalue weighted by Crippen LogP contribution is -2.38. The summed E-state index contributed by atoms with van der Waals surface area (Å²) in [6.45, 7) is 7.82. The van der Waals surface area contributed by atoms with E-state index in [9.17, 15) is 9.59 Å². The van der Waals surface area contributed by atoms with Gasteiger partial charge in [-0.05, 0) is 43.1 Å². The maximum Gasteiger partial charge on any atom is 0.238 e. The van der Waals surface area contributed by atoms with E-state index >= 15 is 0 Å². The molecule has 0 spiro atoms. The van der Waals surface area contributed by atoms with Crippen LogP contribution in [0.3, 0.4) is 0 Å². The SMILES string of the molecule is CCc1cccc(C)c1NC(=O)CN(CC)CC(=O)Nc1ccc2c(c1)OCCO2. The number of amides is 2. The van der Waals surface area contributed by atoms with Gasteiger partial charge in [0, 0.05) is 17.4 Å². The van der Waals surface area contributed by atoms with Crippen LogP contribution in [0.1, 0.15) is 25.0 Å². The average molecular weight is 412 g/mol. The number of nitrogens with zero attached hydrogens (tertiary/aromatic N) is 1. The highest BCUT2D eigenvalue weighted by molar-refractivity contribution is 5.95. The number of anilines is 2. The van der Waals surface area contributed by atoms with Gasteiger partial charge < -0.3 is 20.1 Å². The zero-order valence-corrected chi connectivity index (χ0v) is 17.8. The number of likely N-dealkylation sites (N-methyl/N-ethyl adjacent to an activating group) is 1. The molecule has 0 saturated heterocycles. The van der Waals surface area contributed by atoms with Crippen molar-refractivity contribution in [2.45, 2.75) is 27.2 Å². The summed E-state index contributed by atoms with van der Waals surface area (Å²) in [7, 11) is 0. The van der Waals surface area contributed by atoms with Crippen molar-refractivity contribution in [1.82, 2.24) is 4.90 Å². The smallest absolute Gasteiger partial charge is 0.238 e. The minimum absolute atomic E-state index is 0.118. The Balaban J connectivity index is 1.56. The van der Waals surface area contributed by atoms with E-state index in [1.54, 1.807) is 23.1 Å². The maximum atomic E-state index is 12.6. The lowest BCUT2D eigenvalue weighted by molar-refractivity contribution is -0.119. The van der Waals surface area contributed by atoms with Crippen molar-refractivity contribution in [2.24, 2.45) is 0 Å². The van der Waals surface area contributed by atoms with Crippen LogP contribution in [-0.4, -0.2) is 49.6 Å². The number of rotatable bonds is 8. The van der Waals surface area contributed by atoms with Gasteiger partial charge in [-0.3, -0.25) is 14.5 Å². The molecule has 2 aromatic rings. The van der Waals surface area contributed by atoms with Crippen molar-refractivity contribution in [2.75, 3.05) is 43.5 Å². The number of ether oxygens (including phenoxy) is 2. The third-order valence-corrected chi connectivity index (χ3v) is 5.01. The van der Waals surface area contributed by atoms with Gasteiger partial charge in [0.15, 0.2) is 11.5 Å². The second kappa shape index (κ2) is 10.1. The fourth-order valence-electron chi connectivity index (χ4n) is 3.39. The molecule has 30 heavy (non-hydrogen) atoms. The second-order valence-electron chi connectivity index (χ2n) is 7.22. The lowest BCUT2D eigenvalue weighted by Gasteiger charge is -2.21. The van der Waals surface area contributed by atoms with Gasteiger partial charge in [0.25, 0.3) is 0 Å². The highest BCUT2D eigenvalue weighted by Gasteiger charge is 2.17. The molecule has 0 radical (unpaired) electrons. The molecule has 0 atom stereocenters. The van der Waals surface area contributed by atoms with Crippen molar-refractivity contribution in [3.63, 3.8) is 0 Å². The molecule has 0 aliphatic carbocycles. The summed E-state index contributed by atoms with van der Waals surface area (Å²) >= 11 is 0. The number of fused-ring (bicyclic) bond motifs is 1. The molecule has 7 heteroatoms. The summed E-state index contributed by atoms with van der Waals surface area (Å²) in [4.78, 5) is 26.9. The van der Waals surface area contributed by atoms with Crippen LogP contribution in [-0.2, 0) is 16.0 Å². The topological polar surface area (TPSA) is 79.9 Å². The molecule has 0 unspecified atom stereocenters. The standard InChI is InChI=1S/C23H29N3O4/c1-4-17-8-6-7-16(3)23(17)25-22(28)15-26(5-2)14-21(27)24-18-9-10-19-20(13-18)30-12-11-29-19/h6-10,13H,4-5,11-12,14-15H2,1-3H3,(H,24,27)(H,25,28). The molecule has 2 aromatic carbocycles. The van der Waals surface area contributed by atoms with Gasteiger partial charge in [-0.2, -0.15) is 0 Å². The zero-order valence-electron chi connectivity index (χ0n) is 17.8. The summed E-state index contributed by atoms with van der Waals surface area (Å²) in [6, 6.07) is 11.3. The number of carbonyl (C=O) groups excluding carboxylic acids is 2. The lowest BCUT2D eigenvalue weighted by atomic mass is 10.1. The first-order chi connectivity index (χ1) is 14.5. The molecule has 2 amide bonds. The van der Waals surface area contributed by atoms with Gasteiger partial charge >= 0.3 is 0 Å². The van der Waals surface area contributed by atoms with Gasteiger partial charge in [-0.25, -0.2) is 0 Å². The Labute approximate surface area is 177 Å². The number of benzene rings is 2. The van der Waals surface area contributed by atoms with Crippen LogP contribution in [0, 0.1) is 6.92 Å². The Kier molecular flexibility index (Phi) is 7.30. The highest BCUT2D eigenvalue weighted by Crippen LogP contribution is 2.32. The zero-order chi connectivity index (χ0) is 21.5. The summed E-state index contributed by atoms with van der Waals surface area (Å²) in [5.41, 5.74) is 3.63. The van der Waals surface area contributed by atoms with E-state index in [-0.39, 0.29) is 24.9 Å². The van der Waals surface area contributed by atoms with Crippen molar-refractivity contribution in [1.29, 1.82) is 0 Å². The molecule has 160 valence electrons. The van der Waals surface area contributed by atoms with Gasteiger partial charge in [-0.1, -0.05) is 32.0 Å². The van der Waals surface area contributed by atoms with Crippen LogP contribution in [0.15, 0.2) is 36.4 Å². The van der Waals surface area contributed by atoms with Gasteiger partial charge in [0.2, 0.25) is 11.8 Å². The summed E-state index contributed by atoms with van der Waals surface area (Å²) in [5.74, 6) is 0.976. The Morgan fingerprint density at radius 3 is 2.37 bits per heavy atom. The molecule has 3 rings (SSSR count). The Morgan fingerprint density at radius 2 is 1.67 bits per heavy atom. The third kappa shape index (κ3) is 5.51. The molecular formula is C23H29N3O4. The van der Waals surface area contributed by atoms with Crippen LogP contribution in [0.4, 0.5) is 11.4 Å². The second-order valence-corrected chi connectivity index (χ2v) is 7.22. The normalized spacial score (nSPS) is 12.5. The molecule has 7 nitrogen and oxygen atoms in total. The minimum Gasteiger partial charge on any atom is -0.486 e. The van der Waals surface area contributed by atoms with Gasteiger partial charge in [-0.15, -0.1) is 0 Å². The molecule has 0 aromatic heterocycles. The van der Waals surface area contributed by atoms with E-state index < -0.39 is 0 Å². The maximum absolute atomic E-state index is 12.6. The first-order valence-electron chi connectivity index (χ1n) is 10.3. The first-order valence-corrected chi connectivity index (χ1v) is 10.3. The third-order valence-electron chi connectivity index (χ3n) is 5.01. The van der Waals surface area contributed by atoms with E-state index in [2.05, 4.69) is 17.6 Å². The Bertz CT molecular complexity index is 913. The van der Waals surface area contributed by atoms with Crippen LogP contribution in [0.2, 0.25) is 0 Å². The largest absolute Gasteiger partial charge is 0.486 e. The van der Waals surface area contributed by atoms with Crippen molar-refractivity contribution >= 4 is 23.2 Å². The predicted octanol–water partition coefficient (Wildman–Crippen LogP) is 3.23. The Hall–Kier alpha value is -3.06. The van der Waals surface area contributed by atoms with Crippen LogP contribution < -0.4 is 20.1 Å². The molecule has 2 N–H and O–H groups in total. The molecule has 1 aliphatic heterocycles. The van der Waals surface area contributed by atoms with E-state index in [0.29, 0.717) is 36.9 Å². The van der Waals surface area contributed by atoms with Crippen LogP contribution >= 0.6 is 0 Å². The van der Waals surface area contributed by atoms with E-state index in [1.165, 1.54) is 0 Å². The number of nitrogens with one attached hydrogen (secondary N) is 2. The van der Waals surface area contributed by atoms with Crippen LogP contribution in [0.5, 0.6) is 11.5 Å². The average Bonchev–Trinajstić information content (AvgIpc) is 2.74. The van der Waals surface area contributed by atoms with Crippen molar-refractivity contribution < 1.29 is 19.1 Å². The molecule has 1 heterocycles. The Morgan fingerprint density at radius 1 is 0.967 bits per heavy atom. The van der Waals surface area contributed by atoms with Gasteiger partial charge in [0.1, 0.15) is 13.2 Å². The first kappa shape index (κ1) is 21.6. The number of para-hydroxylation sites is 1. The van der Waals surface area contributed by atoms with Crippen molar-refractivity contribution in [3.8, 4) is 11.5 Å². The fraction of sp³-hybridized carbons (Fsp3) is 0.391. The fourth-order valence-corrected chi connectivity index (χ4v) is 3.39. The molecule has 0 bridgehead atoms.